The minimum absolute atomic E-state index is 0.0321. The molecule has 10 heteroatoms. The zero-order valence-electron chi connectivity index (χ0n) is 18.4. The molecule has 0 aliphatic carbocycles. The number of halogens is 1. The molecule has 0 saturated carbocycles. The third-order valence-electron chi connectivity index (χ3n) is 4.82. The lowest BCUT2D eigenvalue weighted by atomic mass is 10.2. The van der Waals surface area contributed by atoms with Gasteiger partial charge in [-0.3, -0.25) is 14.4 Å². The number of ether oxygens (including phenoxy) is 2. The molecule has 9 nitrogen and oxygen atoms in total. The second-order valence-corrected chi connectivity index (χ2v) is 7.52. The standard InChI is InChI=1S/C23H23FN6O3/c1-14(2)33-18-8-6-16(7-9-18)30(23-26-12-19(24)22(25)28-23)17-5-4-15-11-27-29(20(15)10-17)13-21(31)32-3/h4-12,14H,13H2,1-3H3,(H2,25,26,28). The highest BCUT2D eigenvalue weighted by atomic mass is 19.1. The zero-order chi connectivity index (χ0) is 23.5. The van der Waals surface area contributed by atoms with Crippen LogP contribution in [0.3, 0.4) is 0 Å². The number of benzene rings is 2. The van der Waals surface area contributed by atoms with E-state index in [9.17, 15) is 9.18 Å². The Hall–Kier alpha value is -4.21. The summed E-state index contributed by atoms with van der Waals surface area (Å²) in [6, 6.07) is 12.9. The molecule has 0 aliphatic heterocycles. The van der Waals surface area contributed by atoms with E-state index in [4.69, 9.17) is 15.2 Å². The molecule has 2 N–H and O–H groups in total. The molecular weight excluding hydrogens is 427 g/mol. The van der Waals surface area contributed by atoms with Crippen LogP contribution in [0.25, 0.3) is 10.9 Å². The summed E-state index contributed by atoms with van der Waals surface area (Å²) in [7, 11) is 1.32. The lowest BCUT2D eigenvalue weighted by Crippen LogP contribution is -2.15. The van der Waals surface area contributed by atoms with Gasteiger partial charge in [-0.15, -0.1) is 0 Å². The van der Waals surface area contributed by atoms with Crippen molar-refractivity contribution in [2.75, 3.05) is 17.7 Å². The van der Waals surface area contributed by atoms with E-state index in [-0.39, 0.29) is 24.4 Å². The number of rotatable bonds is 7. The fourth-order valence-corrected chi connectivity index (χ4v) is 3.32. The Labute approximate surface area is 189 Å². The van der Waals surface area contributed by atoms with Crippen molar-refractivity contribution in [1.29, 1.82) is 0 Å². The SMILES string of the molecule is COC(=O)Cn1ncc2ccc(N(c3ccc(OC(C)C)cc3)c3ncc(F)c(N)n3)cc21. The predicted molar refractivity (Wildman–Crippen MR) is 122 cm³/mol. The highest BCUT2D eigenvalue weighted by Gasteiger charge is 2.19. The van der Waals surface area contributed by atoms with Crippen molar-refractivity contribution in [2.45, 2.75) is 26.5 Å². The van der Waals surface area contributed by atoms with Crippen molar-refractivity contribution in [3.63, 3.8) is 0 Å². The van der Waals surface area contributed by atoms with E-state index in [0.29, 0.717) is 22.6 Å². The van der Waals surface area contributed by atoms with Crippen LogP contribution in [0.15, 0.2) is 54.9 Å². The molecule has 2 aromatic heterocycles. The highest BCUT2D eigenvalue weighted by molar-refractivity contribution is 5.87. The van der Waals surface area contributed by atoms with Crippen LogP contribution in [0.2, 0.25) is 0 Å². The van der Waals surface area contributed by atoms with E-state index in [1.807, 2.05) is 56.3 Å². The average Bonchev–Trinajstić information content (AvgIpc) is 3.19. The fourth-order valence-electron chi connectivity index (χ4n) is 3.32. The number of aromatic nitrogens is 4. The van der Waals surface area contributed by atoms with Crippen LogP contribution in [-0.2, 0) is 16.1 Å². The van der Waals surface area contributed by atoms with Crippen LogP contribution in [0.5, 0.6) is 5.75 Å². The van der Waals surface area contributed by atoms with Crippen molar-refractivity contribution in [3.05, 3.63) is 60.7 Å². The Morgan fingerprint density at radius 1 is 1.15 bits per heavy atom. The van der Waals surface area contributed by atoms with Crippen molar-refractivity contribution < 1.29 is 18.7 Å². The van der Waals surface area contributed by atoms with Gasteiger partial charge in [0.15, 0.2) is 11.6 Å². The Kier molecular flexibility index (Phi) is 6.07. The number of hydrogen-bond acceptors (Lipinski definition) is 8. The van der Waals surface area contributed by atoms with Gasteiger partial charge in [0, 0.05) is 11.1 Å². The van der Waals surface area contributed by atoms with Crippen molar-refractivity contribution in [2.24, 2.45) is 0 Å². The van der Waals surface area contributed by atoms with Gasteiger partial charge in [0.05, 0.1) is 36.8 Å². The minimum atomic E-state index is -0.703. The topological polar surface area (TPSA) is 108 Å². The molecule has 4 aromatic rings. The molecule has 0 radical (unpaired) electrons. The van der Waals surface area contributed by atoms with Crippen molar-refractivity contribution >= 4 is 40.0 Å². The van der Waals surface area contributed by atoms with Gasteiger partial charge in [-0.2, -0.15) is 10.1 Å². The predicted octanol–water partition coefficient (Wildman–Crippen LogP) is 3.98. The molecule has 170 valence electrons. The van der Waals surface area contributed by atoms with Crippen molar-refractivity contribution in [3.8, 4) is 5.75 Å². The number of anilines is 4. The van der Waals surface area contributed by atoms with E-state index in [1.165, 1.54) is 7.11 Å². The van der Waals surface area contributed by atoms with Gasteiger partial charge in [0.1, 0.15) is 12.3 Å². The van der Waals surface area contributed by atoms with Crippen LogP contribution >= 0.6 is 0 Å². The summed E-state index contributed by atoms with van der Waals surface area (Å²) in [6.45, 7) is 3.86. The van der Waals surface area contributed by atoms with Gasteiger partial charge >= 0.3 is 5.97 Å². The van der Waals surface area contributed by atoms with Crippen molar-refractivity contribution in [1.82, 2.24) is 19.7 Å². The molecule has 0 atom stereocenters. The van der Waals surface area contributed by atoms with Crippen LogP contribution in [0.1, 0.15) is 13.8 Å². The summed E-state index contributed by atoms with van der Waals surface area (Å²) >= 11 is 0. The maximum absolute atomic E-state index is 13.8. The molecule has 2 aromatic carbocycles. The fraction of sp³-hybridized carbons (Fsp3) is 0.217. The molecule has 0 unspecified atom stereocenters. The van der Waals surface area contributed by atoms with Crippen LogP contribution in [0.4, 0.5) is 27.5 Å². The maximum Gasteiger partial charge on any atom is 0.327 e. The second-order valence-electron chi connectivity index (χ2n) is 7.52. The number of methoxy groups -OCH3 is 1. The maximum atomic E-state index is 13.8. The van der Waals surface area contributed by atoms with E-state index < -0.39 is 11.8 Å². The number of nitrogen functional groups attached to an aromatic ring is 1. The van der Waals surface area contributed by atoms with E-state index >= 15 is 0 Å². The van der Waals surface area contributed by atoms with Gasteiger partial charge in [0.25, 0.3) is 0 Å². The molecule has 0 spiro atoms. The third kappa shape index (κ3) is 4.69. The summed E-state index contributed by atoms with van der Waals surface area (Å²) in [6.07, 6.45) is 2.72. The number of nitrogens with two attached hydrogens (primary N) is 1. The number of carbonyl (C=O) groups is 1. The first-order chi connectivity index (χ1) is 15.9. The third-order valence-corrected chi connectivity index (χ3v) is 4.82. The first-order valence-corrected chi connectivity index (χ1v) is 10.2. The Bertz CT molecular complexity index is 1290. The lowest BCUT2D eigenvalue weighted by molar-refractivity contribution is -0.141. The highest BCUT2D eigenvalue weighted by Crippen LogP contribution is 2.35. The van der Waals surface area contributed by atoms with E-state index in [1.54, 1.807) is 15.8 Å². The summed E-state index contributed by atoms with van der Waals surface area (Å²) in [4.78, 5) is 21.8. The molecule has 0 fully saturated rings. The van der Waals surface area contributed by atoms with Crippen LogP contribution < -0.4 is 15.4 Å². The molecule has 0 amide bonds. The Morgan fingerprint density at radius 2 is 1.88 bits per heavy atom. The summed E-state index contributed by atoms with van der Waals surface area (Å²) in [5, 5.41) is 5.11. The average molecular weight is 450 g/mol. The number of esters is 1. The zero-order valence-corrected chi connectivity index (χ0v) is 18.4. The molecule has 33 heavy (non-hydrogen) atoms. The first-order valence-electron chi connectivity index (χ1n) is 10.2. The number of carbonyl (C=O) groups excluding carboxylic acids is 1. The Balaban J connectivity index is 1.82. The summed E-state index contributed by atoms with van der Waals surface area (Å²) in [5.41, 5.74) is 7.80. The number of fused-ring (bicyclic) bond motifs is 1. The monoisotopic (exact) mass is 450 g/mol. The number of nitrogens with zero attached hydrogens (tertiary/aromatic N) is 5. The molecular formula is C23H23FN6O3. The molecule has 4 rings (SSSR count). The molecule has 0 aliphatic rings. The van der Waals surface area contributed by atoms with E-state index in [0.717, 1.165) is 11.6 Å². The second kappa shape index (κ2) is 9.11. The van der Waals surface area contributed by atoms with Gasteiger partial charge in [-0.25, -0.2) is 9.37 Å². The van der Waals surface area contributed by atoms with Crippen LogP contribution in [-0.4, -0.2) is 38.9 Å². The summed E-state index contributed by atoms with van der Waals surface area (Å²) in [5.74, 6) is -0.491. The van der Waals surface area contributed by atoms with E-state index in [2.05, 4.69) is 15.1 Å². The Morgan fingerprint density at radius 3 is 2.55 bits per heavy atom. The molecule has 0 bridgehead atoms. The van der Waals surface area contributed by atoms with Gasteiger partial charge < -0.3 is 15.2 Å². The van der Waals surface area contributed by atoms with Gasteiger partial charge in [-0.1, -0.05) is 0 Å². The van der Waals surface area contributed by atoms with Crippen LogP contribution in [0, 0.1) is 5.82 Å². The largest absolute Gasteiger partial charge is 0.491 e. The first kappa shape index (κ1) is 22.0. The van der Waals surface area contributed by atoms with Gasteiger partial charge in [0.2, 0.25) is 5.95 Å². The smallest absolute Gasteiger partial charge is 0.327 e. The van der Waals surface area contributed by atoms with Gasteiger partial charge in [-0.05, 0) is 56.3 Å². The minimum Gasteiger partial charge on any atom is -0.491 e. The summed E-state index contributed by atoms with van der Waals surface area (Å²) < 4.78 is 25.8. The molecule has 2 heterocycles. The lowest BCUT2D eigenvalue weighted by Gasteiger charge is -2.24. The number of hydrogen-bond donors (Lipinski definition) is 1. The quantitative estimate of drug-likeness (QED) is 0.421. The molecule has 0 saturated heterocycles. The normalized spacial score (nSPS) is 11.1.